The summed E-state index contributed by atoms with van der Waals surface area (Å²) < 4.78 is 33.7. The minimum Gasteiger partial charge on any atom is -0.493 e. The Labute approximate surface area is 241 Å². The number of benzene rings is 1. The Morgan fingerprint density at radius 1 is 0.854 bits per heavy atom. The van der Waals surface area contributed by atoms with Gasteiger partial charge in [0.1, 0.15) is 6.10 Å². The first kappa shape index (κ1) is 30.4. The quantitative estimate of drug-likeness (QED) is 0.492. The van der Waals surface area contributed by atoms with Crippen molar-refractivity contribution in [2.75, 3.05) is 73.8 Å². The van der Waals surface area contributed by atoms with Crippen LogP contribution in [0.1, 0.15) is 52.8 Å². The SMILES string of the molecule is COc1ccc(C(=O)OC2CCCOc3cc(cc(OC)c3OC)C(=O)OCCCN3CCCN(CC2)CC3)cn1. The second-order valence-corrected chi connectivity index (χ2v) is 10.1. The molecule has 0 radical (unpaired) electrons. The molecule has 0 spiro atoms. The molecule has 0 aliphatic carbocycles. The molecule has 1 aromatic heterocycles. The van der Waals surface area contributed by atoms with Gasteiger partial charge in [-0.3, -0.25) is 0 Å². The van der Waals surface area contributed by atoms with Gasteiger partial charge in [-0.25, -0.2) is 14.6 Å². The van der Waals surface area contributed by atoms with E-state index in [4.69, 9.17) is 28.4 Å². The lowest BCUT2D eigenvalue weighted by Gasteiger charge is -2.24. The fraction of sp³-hybridized carbons (Fsp3) is 0.567. The van der Waals surface area contributed by atoms with Crippen molar-refractivity contribution in [1.29, 1.82) is 0 Å². The number of nitrogens with zero attached hydrogens (tertiary/aromatic N) is 3. The monoisotopic (exact) mass is 571 g/mol. The topological polar surface area (TPSA) is 109 Å². The van der Waals surface area contributed by atoms with Crippen molar-refractivity contribution in [3.8, 4) is 23.1 Å². The third-order valence-corrected chi connectivity index (χ3v) is 7.36. The predicted octanol–water partition coefficient (Wildman–Crippen LogP) is 3.45. The van der Waals surface area contributed by atoms with Gasteiger partial charge in [0.15, 0.2) is 11.5 Å². The standard InChI is InChI=1S/C30H41N3O8/c1-36-25-19-23-20-26(28(25)38-3)39-17-4-7-24(41-30(35)22-8-9-27(37-2)31-21-22)10-14-33-12-5-11-32(15-16-33)13-6-18-40-29(23)34/h8-9,19-21,24H,4-7,10-18H2,1-3H3. The molecule has 4 bridgehead atoms. The Morgan fingerprint density at radius 3 is 2.32 bits per heavy atom. The molecule has 1 saturated heterocycles. The number of hydrogen-bond acceptors (Lipinski definition) is 11. The zero-order chi connectivity index (χ0) is 29.0. The van der Waals surface area contributed by atoms with Crippen LogP contribution >= 0.6 is 0 Å². The highest BCUT2D eigenvalue weighted by Crippen LogP contribution is 2.39. The summed E-state index contributed by atoms with van der Waals surface area (Å²) in [5.41, 5.74) is 0.712. The van der Waals surface area contributed by atoms with E-state index in [1.165, 1.54) is 27.5 Å². The number of hydrogen-bond donors (Lipinski definition) is 0. The Kier molecular flexibility index (Phi) is 11.4. The first-order valence-electron chi connectivity index (χ1n) is 14.2. The van der Waals surface area contributed by atoms with Crippen LogP contribution in [0.2, 0.25) is 0 Å². The fourth-order valence-corrected chi connectivity index (χ4v) is 5.09. The number of carbonyl (C=O) groups is 2. The van der Waals surface area contributed by atoms with Crippen LogP contribution in [0.5, 0.6) is 23.1 Å². The zero-order valence-electron chi connectivity index (χ0n) is 24.3. The van der Waals surface area contributed by atoms with Crippen LogP contribution in [-0.4, -0.2) is 107 Å². The van der Waals surface area contributed by atoms with Crippen molar-refractivity contribution in [2.45, 2.75) is 38.2 Å². The number of fused-ring (bicyclic) bond motifs is 5. The molecule has 4 rings (SSSR count). The van der Waals surface area contributed by atoms with Gasteiger partial charge in [-0.15, -0.1) is 0 Å². The Balaban J connectivity index is 1.50. The van der Waals surface area contributed by atoms with E-state index >= 15 is 0 Å². The molecular weight excluding hydrogens is 530 g/mol. The van der Waals surface area contributed by atoms with Gasteiger partial charge in [-0.05, 0) is 63.4 Å². The summed E-state index contributed by atoms with van der Waals surface area (Å²) in [6, 6.07) is 6.52. The molecule has 3 heterocycles. The van der Waals surface area contributed by atoms with Crippen LogP contribution in [0.15, 0.2) is 30.5 Å². The Morgan fingerprint density at radius 2 is 1.61 bits per heavy atom. The third-order valence-electron chi connectivity index (χ3n) is 7.36. The van der Waals surface area contributed by atoms with E-state index in [-0.39, 0.29) is 6.10 Å². The van der Waals surface area contributed by atoms with E-state index in [1.807, 2.05) is 0 Å². The minimum absolute atomic E-state index is 0.299. The molecule has 41 heavy (non-hydrogen) atoms. The average molecular weight is 572 g/mol. The van der Waals surface area contributed by atoms with Crippen LogP contribution in [0.4, 0.5) is 0 Å². The van der Waals surface area contributed by atoms with Crippen molar-refractivity contribution < 1.29 is 38.0 Å². The van der Waals surface area contributed by atoms with E-state index in [0.29, 0.717) is 66.7 Å². The van der Waals surface area contributed by atoms with Crippen molar-refractivity contribution >= 4 is 11.9 Å². The second kappa shape index (κ2) is 15.4. The van der Waals surface area contributed by atoms with E-state index < -0.39 is 11.9 Å². The van der Waals surface area contributed by atoms with Crippen molar-refractivity contribution in [3.63, 3.8) is 0 Å². The number of ether oxygens (including phenoxy) is 6. The lowest BCUT2D eigenvalue weighted by atomic mass is 10.1. The third kappa shape index (κ3) is 8.71. The smallest absolute Gasteiger partial charge is 0.339 e. The lowest BCUT2D eigenvalue weighted by molar-refractivity contribution is 0.0221. The molecule has 3 unspecified atom stereocenters. The van der Waals surface area contributed by atoms with Gasteiger partial charge in [0.2, 0.25) is 11.6 Å². The summed E-state index contributed by atoms with van der Waals surface area (Å²) >= 11 is 0. The summed E-state index contributed by atoms with van der Waals surface area (Å²) in [5.74, 6) is 0.765. The first-order chi connectivity index (χ1) is 20.0. The molecule has 224 valence electrons. The highest BCUT2D eigenvalue weighted by Gasteiger charge is 2.22. The molecule has 2 aliphatic heterocycles. The fourth-order valence-electron chi connectivity index (χ4n) is 5.09. The molecule has 0 N–H and O–H groups in total. The molecule has 0 saturated carbocycles. The van der Waals surface area contributed by atoms with Gasteiger partial charge in [0.25, 0.3) is 0 Å². The van der Waals surface area contributed by atoms with E-state index in [2.05, 4.69) is 14.8 Å². The maximum absolute atomic E-state index is 13.0. The summed E-state index contributed by atoms with van der Waals surface area (Å²) in [7, 11) is 4.56. The number of pyridine rings is 1. The number of esters is 2. The van der Waals surface area contributed by atoms with E-state index in [9.17, 15) is 9.59 Å². The summed E-state index contributed by atoms with van der Waals surface area (Å²) in [5, 5.41) is 0. The summed E-state index contributed by atoms with van der Waals surface area (Å²) in [4.78, 5) is 34.8. The molecule has 3 atom stereocenters. The van der Waals surface area contributed by atoms with Gasteiger partial charge in [-0.1, -0.05) is 0 Å². The van der Waals surface area contributed by atoms with Gasteiger partial charge >= 0.3 is 11.9 Å². The van der Waals surface area contributed by atoms with E-state index in [1.54, 1.807) is 24.3 Å². The van der Waals surface area contributed by atoms with Crippen molar-refractivity contribution in [3.05, 3.63) is 41.6 Å². The number of cyclic esters (lactones) is 1. The van der Waals surface area contributed by atoms with Crippen LogP contribution in [0, 0.1) is 0 Å². The van der Waals surface area contributed by atoms with Gasteiger partial charge in [0.05, 0.1) is 45.7 Å². The zero-order valence-corrected chi connectivity index (χ0v) is 24.3. The molecule has 2 aromatic rings. The van der Waals surface area contributed by atoms with Crippen LogP contribution in [0.25, 0.3) is 0 Å². The molecule has 1 aromatic carbocycles. The number of carbonyl (C=O) groups excluding carboxylic acids is 2. The molecule has 1 fully saturated rings. The highest BCUT2D eigenvalue weighted by molar-refractivity contribution is 5.91. The molecule has 11 nitrogen and oxygen atoms in total. The van der Waals surface area contributed by atoms with Crippen LogP contribution in [0.3, 0.4) is 0 Å². The lowest BCUT2D eigenvalue weighted by Crippen LogP contribution is -2.34. The highest BCUT2D eigenvalue weighted by atomic mass is 16.5. The number of aromatic nitrogens is 1. The van der Waals surface area contributed by atoms with Gasteiger partial charge < -0.3 is 38.2 Å². The molecular formula is C30H41N3O8. The normalized spacial score (nSPS) is 22.5. The molecule has 11 heteroatoms. The van der Waals surface area contributed by atoms with E-state index in [0.717, 1.165) is 52.1 Å². The predicted molar refractivity (Wildman–Crippen MR) is 151 cm³/mol. The van der Waals surface area contributed by atoms with Gasteiger partial charge in [-0.2, -0.15) is 0 Å². The first-order valence-corrected chi connectivity index (χ1v) is 14.2. The maximum Gasteiger partial charge on any atom is 0.339 e. The molecule has 0 amide bonds. The largest absolute Gasteiger partial charge is 0.493 e. The summed E-state index contributed by atoms with van der Waals surface area (Å²) in [6.07, 6.45) is 4.92. The van der Waals surface area contributed by atoms with Gasteiger partial charge in [0, 0.05) is 38.4 Å². The Hall–Kier alpha value is -3.57. The summed E-state index contributed by atoms with van der Waals surface area (Å²) in [6.45, 7) is 6.24. The molecule has 2 aliphatic rings. The number of rotatable bonds is 5. The second-order valence-electron chi connectivity index (χ2n) is 10.1. The number of methoxy groups -OCH3 is 3. The van der Waals surface area contributed by atoms with Crippen LogP contribution in [-0.2, 0) is 9.47 Å². The van der Waals surface area contributed by atoms with Crippen molar-refractivity contribution in [2.24, 2.45) is 0 Å². The van der Waals surface area contributed by atoms with Crippen molar-refractivity contribution in [1.82, 2.24) is 14.8 Å². The average Bonchev–Trinajstić information content (AvgIpc) is 3.24. The maximum atomic E-state index is 13.0. The minimum atomic E-state index is -0.434. The van der Waals surface area contributed by atoms with Crippen LogP contribution < -0.4 is 18.9 Å². The Bertz CT molecular complexity index is 1140.